The average Bonchev–Trinajstić information content (AvgIpc) is 2.71. The summed E-state index contributed by atoms with van der Waals surface area (Å²) in [5.41, 5.74) is 15.7. The first-order valence-corrected chi connectivity index (χ1v) is 9.04. The van der Waals surface area contributed by atoms with E-state index in [0.29, 0.717) is 16.5 Å². The Balaban J connectivity index is 1.86. The predicted molar refractivity (Wildman–Crippen MR) is 113 cm³/mol. The zero-order valence-electron chi connectivity index (χ0n) is 15.1. The maximum absolute atomic E-state index is 6.15. The van der Waals surface area contributed by atoms with Crippen molar-refractivity contribution in [3.8, 4) is 11.3 Å². The minimum Gasteiger partial charge on any atom is -0.393 e. The quantitative estimate of drug-likeness (QED) is 0.480. The number of hydrogen-bond donors (Lipinski definition) is 3. The number of halogens is 1. The molecule has 0 aliphatic heterocycles. The molecule has 28 heavy (non-hydrogen) atoms. The summed E-state index contributed by atoms with van der Waals surface area (Å²) in [6.07, 6.45) is 4.96. The Labute approximate surface area is 166 Å². The Morgan fingerprint density at radius 2 is 1.89 bits per heavy atom. The number of benzene rings is 1. The number of rotatable bonds is 4. The van der Waals surface area contributed by atoms with Crippen molar-refractivity contribution in [2.75, 3.05) is 16.8 Å². The third-order valence-corrected chi connectivity index (χ3v) is 4.75. The van der Waals surface area contributed by atoms with E-state index in [0.717, 1.165) is 27.7 Å². The van der Waals surface area contributed by atoms with Crippen molar-refractivity contribution in [1.29, 1.82) is 0 Å². The topological polar surface area (TPSA) is 116 Å². The number of anilines is 3. The van der Waals surface area contributed by atoms with Crippen molar-refractivity contribution < 1.29 is 0 Å². The van der Waals surface area contributed by atoms with Crippen LogP contribution in [0.1, 0.15) is 18.5 Å². The van der Waals surface area contributed by atoms with E-state index in [1.54, 1.807) is 6.20 Å². The number of pyridine rings is 2. The number of fused-ring (bicyclic) bond motifs is 1. The van der Waals surface area contributed by atoms with Crippen LogP contribution in [-0.4, -0.2) is 19.9 Å². The van der Waals surface area contributed by atoms with Gasteiger partial charge in [-0.2, -0.15) is 0 Å². The first kappa shape index (κ1) is 17.9. The van der Waals surface area contributed by atoms with Gasteiger partial charge in [0, 0.05) is 33.9 Å². The van der Waals surface area contributed by atoms with E-state index in [1.807, 2.05) is 49.5 Å². The van der Waals surface area contributed by atoms with Crippen LogP contribution in [0.5, 0.6) is 0 Å². The van der Waals surface area contributed by atoms with Gasteiger partial charge < -0.3 is 16.8 Å². The second-order valence-corrected chi connectivity index (χ2v) is 6.79. The molecule has 3 heterocycles. The Morgan fingerprint density at radius 1 is 1.04 bits per heavy atom. The van der Waals surface area contributed by atoms with Gasteiger partial charge in [-0.05, 0) is 31.2 Å². The van der Waals surface area contributed by atoms with Crippen LogP contribution in [0.25, 0.3) is 22.2 Å². The number of nitrogens with two attached hydrogens (primary N) is 2. The Hall–Kier alpha value is -3.45. The number of nitrogen functional groups attached to an aromatic ring is 2. The summed E-state index contributed by atoms with van der Waals surface area (Å²) in [4.78, 5) is 17.2. The van der Waals surface area contributed by atoms with Crippen LogP contribution in [0.2, 0.25) is 5.02 Å². The molecule has 0 bridgehead atoms. The average molecular weight is 392 g/mol. The van der Waals surface area contributed by atoms with Crippen molar-refractivity contribution in [3.63, 3.8) is 0 Å². The third-order valence-electron chi connectivity index (χ3n) is 4.52. The van der Waals surface area contributed by atoms with Gasteiger partial charge in [0.25, 0.3) is 0 Å². The molecule has 0 saturated heterocycles. The van der Waals surface area contributed by atoms with E-state index >= 15 is 0 Å². The zero-order chi connectivity index (χ0) is 19.7. The van der Waals surface area contributed by atoms with Gasteiger partial charge >= 0.3 is 0 Å². The monoisotopic (exact) mass is 391 g/mol. The molecule has 140 valence electrons. The van der Waals surface area contributed by atoms with Crippen LogP contribution in [-0.2, 0) is 0 Å². The first-order valence-electron chi connectivity index (χ1n) is 8.66. The highest BCUT2D eigenvalue weighted by Gasteiger charge is 2.19. The largest absolute Gasteiger partial charge is 0.393 e. The van der Waals surface area contributed by atoms with E-state index in [9.17, 15) is 0 Å². The summed E-state index contributed by atoms with van der Waals surface area (Å²) in [6.45, 7) is 2.00. The van der Waals surface area contributed by atoms with Crippen molar-refractivity contribution >= 4 is 39.8 Å². The Morgan fingerprint density at radius 3 is 2.68 bits per heavy atom. The molecular formula is C20H18ClN7. The number of hydrogen-bond acceptors (Lipinski definition) is 7. The number of nitrogens with zero attached hydrogens (tertiary/aromatic N) is 4. The highest BCUT2D eigenvalue weighted by atomic mass is 35.5. The molecule has 3 aromatic heterocycles. The zero-order valence-corrected chi connectivity index (χ0v) is 15.9. The second-order valence-electron chi connectivity index (χ2n) is 6.35. The van der Waals surface area contributed by atoms with Gasteiger partial charge in [0.2, 0.25) is 0 Å². The standard InChI is InChI=1S/C20H18ClN7/c1-11(28-20-18(22)19(23)26-10-27-20)14-9-25-16-8-12(21)5-6-13(16)17(14)15-4-2-3-7-24-15/h2-11H,22H2,1H3,(H3,23,26,27,28)/t11-/m1/s1. The predicted octanol–water partition coefficient (Wildman–Crippen LogP) is 4.08. The molecule has 0 radical (unpaired) electrons. The summed E-state index contributed by atoms with van der Waals surface area (Å²) < 4.78 is 0. The van der Waals surface area contributed by atoms with Gasteiger partial charge in [-0.1, -0.05) is 23.7 Å². The SMILES string of the molecule is C[C@@H](Nc1ncnc(N)c1N)c1cnc2cc(Cl)ccc2c1-c1ccccn1. The lowest BCUT2D eigenvalue weighted by atomic mass is 9.96. The van der Waals surface area contributed by atoms with Crippen molar-refractivity contribution in [2.24, 2.45) is 0 Å². The van der Waals surface area contributed by atoms with Crippen LogP contribution < -0.4 is 16.8 Å². The fraction of sp³-hybridized carbons (Fsp3) is 0.100. The molecule has 0 fully saturated rings. The molecule has 4 aromatic rings. The lowest BCUT2D eigenvalue weighted by Gasteiger charge is -2.20. The van der Waals surface area contributed by atoms with Gasteiger partial charge in [-0.15, -0.1) is 0 Å². The van der Waals surface area contributed by atoms with Gasteiger partial charge in [-0.3, -0.25) is 9.97 Å². The molecule has 1 atom stereocenters. The molecule has 4 rings (SSSR count). The molecule has 0 amide bonds. The lowest BCUT2D eigenvalue weighted by Crippen LogP contribution is -2.13. The summed E-state index contributed by atoms with van der Waals surface area (Å²) in [5.74, 6) is 0.712. The maximum atomic E-state index is 6.15. The molecule has 0 unspecified atom stereocenters. The molecule has 0 aliphatic rings. The van der Waals surface area contributed by atoms with Crippen LogP contribution in [0.3, 0.4) is 0 Å². The molecule has 0 aliphatic carbocycles. The van der Waals surface area contributed by atoms with Crippen molar-refractivity contribution in [2.45, 2.75) is 13.0 Å². The number of aromatic nitrogens is 4. The van der Waals surface area contributed by atoms with Crippen molar-refractivity contribution in [1.82, 2.24) is 19.9 Å². The van der Waals surface area contributed by atoms with Gasteiger partial charge in [0.05, 0.1) is 17.3 Å². The van der Waals surface area contributed by atoms with Gasteiger partial charge in [0.15, 0.2) is 11.6 Å². The number of nitrogens with one attached hydrogen (secondary N) is 1. The summed E-state index contributed by atoms with van der Waals surface area (Å²) in [7, 11) is 0. The molecule has 7 nitrogen and oxygen atoms in total. The van der Waals surface area contributed by atoms with Crippen LogP contribution >= 0.6 is 11.6 Å². The maximum Gasteiger partial charge on any atom is 0.155 e. The fourth-order valence-electron chi connectivity index (χ4n) is 3.11. The highest BCUT2D eigenvalue weighted by Crippen LogP contribution is 2.35. The van der Waals surface area contributed by atoms with Crippen molar-refractivity contribution in [3.05, 3.63) is 65.7 Å². The van der Waals surface area contributed by atoms with Crippen LogP contribution in [0.4, 0.5) is 17.3 Å². The smallest absolute Gasteiger partial charge is 0.155 e. The van der Waals surface area contributed by atoms with Crippen LogP contribution in [0, 0.1) is 0 Å². The van der Waals surface area contributed by atoms with E-state index in [2.05, 4.69) is 25.3 Å². The summed E-state index contributed by atoms with van der Waals surface area (Å²) >= 11 is 6.15. The highest BCUT2D eigenvalue weighted by molar-refractivity contribution is 6.31. The third kappa shape index (κ3) is 3.27. The minimum atomic E-state index is -0.166. The van der Waals surface area contributed by atoms with Gasteiger partial charge in [0.1, 0.15) is 12.0 Å². The van der Waals surface area contributed by atoms with E-state index in [4.69, 9.17) is 23.1 Å². The van der Waals surface area contributed by atoms with E-state index in [-0.39, 0.29) is 11.9 Å². The van der Waals surface area contributed by atoms with E-state index < -0.39 is 0 Å². The van der Waals surface area contributed by atoms with E-state index in [1.165, 1.54) is 6.33 Å². The molecular weight excluding hydrogens is 374 g/mol. The Bertz CT molecular complexity index is 1150. The summed E-state index contributed by atoms with van der Waals surface area (Å²) in [6, 6.07) is 11.3. The molecule has 0 saturated carbocycles. The fourth-order valence-corrected chi connectivity index (χ4v) is 3.28. The lowest BCUT2D eigenvalue weighted by molar-refractivity contribution is 0.870. The minimum absolute atomic E-state index is 0.166. The Kier molecular flexibility index (Phi) is 4.67. The van der Waals surface area contributed by atoms with Gasteiger partial charge in [-0.25, -0.2) is 9.97 Å². The molecule has 5 N–H and O–H groups in total. The van der Waals surface area contributed by atoms with Crippen LogP contribution in [0.15, 0.2) is 55.1 Å². The summed E-state index contributed by atoms with van der Waals surface area (Å²) in [5, 5.41) is 4.90. The molecule has 8 heteroatoms. The normalized spacial score (nSPS) is 12.1. The second kappa shape index (κ2) is 7.28. The first-order chi connectivity index (χ1) is 13.5. The molecule has 1 aromatic carbocycles. The molecule has 0 spiro atoms.